The molecule has 0 atom stereocenters. The summed E-state index contributed by atoms with van der Waals surface area (Å²) >= 11 is 0. The van der Waals surface area contributed by atoms with Crippen LogP contribution in [0.5, 0.6) is 0 Å². The average Bonchev–Trinajstić information content (AvgIpc) is 2.77. The van der Waals surface area contributed by atoms with Crippen LogP contribution in [0.1, 0.15) is 37.2 Å². The second kappa shape index (κ2) is 7.46. The fourth-order valence-electron chi connectivity index (χ4n) is 1.55. The maximum Gasteiger partial charge on any atom is 0.362 e. The van der Waals surface area contributed by atoms with E-state index < -0.39 is 5.97 Å². The van der Waals surface area contributed by atoms with E-state index in [1.165, 1.54) is 4.68 Å². The largest absolute Gasteiger partial charge is 0.461 e. The van der Waals surface area contributed by atoms with Gasteiger partial charge in [0.15, 0.2) is 5.82 Å². The molecule has 0 saturated heterocycles. The van der Waals surface area contributed by atoms with Gasteiger partial charge in [0.05, 0.1) is 6.61 Å². The zero-order valence-electron chi connectivity index (χ0n) is 12.1. The second-order valence-electron chi connectivity index (χ2n) is 4.37. The predicted octanol–water partition coefficient (Wildman–Crippen LogP) is 0.296. The third-order valence-electron chi connectivity index (χ3n) is 2.80. The molecule has 0 radical (unpaired) electrons. The Morgan fingerprint density at radius 1 is 1.40 bits per heavy atom. The number of likely N-dealkylation sites (N-methyl/N-ethyl adjacent to an activating group) is 1. The molecule has 2 N–H and O–H groups in total. The number of rotatable bonds is 7. The van der Waals surface area contributed by atoms with Crippen LogP contribution < -0.4 is 5.73 Å². The third kappa shape index (κ3) is 3.94. The number of amides is 1. The summed E-state index contributed by atoms with van der Waals surface area (Å²) < 4.78 is 6.00. The van der Waals surface area contributed by atoms with Gasteiger partial charge in [0.25, 0.3) is 0 Å². The number of unbranched alkanes of at least 4 members (excludes halogenated alkanes) is 1. The van der Waals surface area contributed by atoms with Gasteiger partial charge in [-0.2, -0.15) is 0 Å². The Bertz CT molecular complexity index is 472. The molecule has 112 valence electrons. The first-order valence-electron chi connectivity index (χ1n) is 6.61. The molecular weight excluding hydrogens is 262 g/mol. The van der Waals surface area contributed by atoms with E-state index in [9.17, 15) is 9.59 Å². The van der Waals surface area contributed by atoms with Crippen LogP contribution >= 0.6 is 0 Å². The smallest absolute Gasteiger partial charge is 0.362 e. The molecule has 0 fully saturated rings. The standard InChI is InChI=1S/C12H21N5O3/c1-4-6-7-16(3)9(18)8-17-11(13)10(14-15-17)12(19)20-5-2/h4-8,13H2,1-3H3. The molecule has 8 nitrogen and oxygen atoms in total. The number of anilines is 1. The van der Waals surface area contributed by atoms with Crippen molar-refractivity contribution in [1.82, 2.24) is 19.9 Å². The zero-order chi connectivity index (χ0) is 15.1. The highest BCUT2D eigenvalue weighted by molar-refractivity contribution is 5.92. The van der Waals surface area contributed by atoms with Crippen molar-refractivity contribution in [2.45, 2.75) is 33.2 Å². The first-order valence-corrected chi connectivity index (χ1v) is 6.61. The molecule has 8 heteroatoms. The van der Waals surface area contributed by atoms with E-state index in [1.54, 1.807) is 18.9 Å². The van der Waals surface area contributed by atoms with E-state index in [2.05, 4.69) is 17.2 Å². The lowest BCUT2D eigenvalue weighted by Crippen LogP contribution is -2.31. The summed E-state index contributed by atoms with van der Waals surface area (Å²) in [4.78, 5) is 25.1. The van der Waals surface area contributed by atoms with Crippen LogP contribution in [0.15, 0.2) is 0 Å². The Labute approximate surface area is 117 Å². The molecule has 1 aromatic heterocycles. The van der Waals surface area contributed by atoms with Gasteiger partial charge in [0.1, 0.15) is 6.54 Å². The molecule has 0 unspecified atom stereocenters. The van der Waals surface area contributed by atoms with Gasteiger partial charge in [-0.25, -0.2) is 9.48 Å². The Balaban J connectivity index is 2.69. The van der Waals surface area contributed by atoms with E-state index in [1.807, 2.05) is 0 Å². The predicted molar refractivity (Wildman–Crippen MR) is 72.9 cm³/mol. The highest BCUT2D eigenvalue weighted by Crippen LogP contribution is 2.09. The molecule has 0 aliphatic heterocycles. The molecule has 0 aromatic carbocycles. The first-order chi connectivity index (χ1) is 9.51. The van der Waals surface area contributed by atoms with E-state index in [-0.39, 0.29) is 30.6 Å². The van der Waals surface area contributed by atoms with Gasteiger partial charge in [0, 0.05) is 13.6 Å². The lowest BCUT2D eigenvalue weighted by Gasteiger charge is -2.16. The number of hydrogen-bond donors (Lipinski definition) is 1. The fourth-order valence-corrected chi connectivity index (χ4v) is 1.55. The van der Waals surface area contributed by atoms with Crippen molar-refractivity contribution >= 4 is 17.7 Å². The van der Waals surface area contributed by atoms with E-state index in [0.29, 0.717) is 6.54 Å². The van der Waals surface area contributed by atoms with Gasteiger partial charge in [-0.15, -0.1) is 5.10 Å². The van der Waals surface area contributed by atoms with E-state index >= 15 is 0 Å². The van der Waals surface area contributed by atoms with Crippen LogP contribution in [0.3, 0.4) is 0 Å². The van der Waals surface area contributed by atoms with Gasteiger partial charge >= 0.3 is 5.97 Å². The van der Waals surface area contributed by atoms with Crippen molar-refractivity contribution in [1.29, 1.82) is 0 Å². The van der Waals surface area contributed by atoms with Crippen LogP contribution in [0.2, 0.25) is 0 Å². The second-order valence-corrected chi connectivity index (χ2v) is 4.37. The van der Waals surface area contributed by atoms with Crippen molar-refractivity contribution in [3.8, 4) is 0 Å². The van der Waals surface area contributed by atoms with Crippen LogP contribution in [0.25, 0.3) is 0 Å². The van der Waals surface area contributed by atoms with Crippen LogP contribution in [0, 0.1) is 0 Å². The molecule has 0 aliphatic carbocycles. The Hall–Kier alpha value is -2.12. The minimum Gasteiger partial charge on any atom is -0.461 e. The van der Waals surface area contributed by atoms with Gasteiger partial charge in [-0.05, 0) is 13.3 Å². The summed E-state index contributed by atoms with van der Waals surface area (Å²) in [5, 5.41) is 7.37. The number of ether oxygens (including phenoxy) is 1. The minimum absolute atomic E-state index is 0.0423. The molecule has 0 saturated carbocycles. The highest BCUT2D eigenvalue weighted by atomic mass is 16.5. The maximum absolute atomic E-state index is 11.9. The Morgan fingerprint density at radius 3 is 2.70 bits per heavy atom. The highest BCUT2D eigenvalue weighted by Gasteiger charge is 2.20. The van der Waals surface area contributed by atoms with Gasteiger partial charge < -0.3 is 15.4 Å². The average molecular weight is 283 g/mol. The number of aromatic nitrogens is 3. The molecule has 0 spiro atoms. The summed E-state index contributed by atoms with van der Waals surface area (Å²) in [6.07, 6.45) is 1.94. The summed E-state index contributed by atoms with van der Waals surface area (Å²) in [6.45, 7) is 4.60. The molecule has 20 heavy (non-hydrogen) atoms. The SMILES string of the molecule is CCCCN(C)C(=O)Cn1nnc(C(=O)OCC)c1N. The van der Waals surface area contributed by atoms with Crippen molar-refractivity contribution in [3.05, 3.63) is 5.69 Å². The molecule has 0 bridgehead atoms. The fraction of sp³-hybridized carbons (Fsp3) is 0.667. The number of nitrogens with zero attached hydrogens (tertiary/aromatic N) is 4. The van der Waals surface area contributed by atoms with E-state index in [0.717, 1.165) is 12.8 Å². The topological polar surface area (TPSA) is 103 Å². The van der Waals surface area contributed by atoms with Crippen molar-refractivity contribution < 1.29 is 14.3 Å². The molecule has 1 amide bonds. The molecule has 1 heterocycles. The summed E-state index contributed by atoms with van der Waals surface area (Å²) in [5.41, 5.74) is 5.69. The van der Waals surface area contributed by atoms with Crippen molar-refractivity contribution in [2.75, 3.05) is 25.9 Å². The van der Waals surface area contributed by atoms with Crippen molar-refractivity contribution in [3.63, 3.8) is 0 Å². The molecule has 1 aromatic rings. The summed E-state index contributed by atoms with van der Waals surface area (Å²) in [7, 11) is 1.72. The quantitative estimate of drug-likeness (QED) is 0.722. The lowest BCUT2D eigenvalue weighted by atomic mass is 10.3. The number of carbonyl (C=O) groups excluding carboxylic acids is 2. The number of carbonyl (C=O) groups is 2. The van der Waals surface area contributed by atoms with Crippen LogP contribution in [0.4, 0.5) is 5.82 Å². The maximum atomic E-state index is 11.9. The summed E-state index contributed by atoms with van der Waals surface area (Å²) in [5.74, 6) is -0.728. The normalized spacial score (nSPS) is 10.3. The van der Waals surface area contributed by atoms with Crippen molar-refractivity contribution in [2.24, 2.45) is 0 Å². The Kier molecular flexibility index (Phi) is 5.95. The number of nitrogen functional groups attached to an aromatic ring is 1. The Morgan fingerprint density at radius 2 is 2.10 bits per heavy atom. The zero-order valence-corrected chi connectivity index (χ0v) is 12.1. The molecule has 1 rings (SSSR count). The number of hydrogen-bond acceptors (Lipinski definition) is 6. The summed E-state index contributed by atoms with van der Waals surface area (Å²) in [6, 6.07) is 0. The number of esters is 1. The minimum atomic E-state index is -0.636. The van der Waals surface area contributed by atoms with Gasteiger partial charge in [-0.1, -0.05) is 18.6 Å². The van der Waals surface area contributed by atoms with E-state index in [4.69, 9.17) is 10.5 Å². The third-order valence-corrected chi connectivity index (χ3v) is 2.80. The monoisotopic (exact) mass is 283 g/mol. The number of nitrogens with two attached hydrogens (primary N) is 1. The molecular formula is C12H21N5O3. The van der Waals surface area contributed by atoms with Crippen LogP contribution in [-0.4, -0.2) is 52.0 Å². The van der Waals surface area contributed by atoms with Crippen LogP contribution in [-0.2, 0) is 16.1 Å². The molecule has 0 aliphatic rings. The lowest BCUT2D eigenvalue weighted by molar-refractivity contribution is -0.130. The first kappa shape index (κ1) is 15.9. The van der Waals surface area contributed by atoms with Gasteiger partial charge in [0.2, 0.25) is 11.6 Å². The van der Waals surface area contributed by atoms with Gasteiger partial charge in [-0.3, -0.25) is 4.79 Å².